The Morgan fingerprint density at radius 3 is 2.85 bits per heavy atom. The van der Waals surface area contributed by atoms with Crippen LogP contribution in [0.1, 0.15) is 24.8 Å². The Morgan fingerprint density at radius 1 is 1.25 bits per heavy atom. The zero-order valence-electron chi connectivity index (χ0n) is 11.3. The molecule has 1 atom stereocenters. The van der Waals surface area contributed by atoms with Crippen LogP contribution in [0.5, 0.6) is 0 Å². The molecule has 0 bridgehead atoms. The smallest absolute Gasteiger partial charge is 0.241 e. The van der Waals surface area contributed by atoms with Crippen LogP contribution in [0, 0.1) is 0 Å². The van der Waals surface area contributed by atoms with Crippen LogP contribution in [0.2, 0.25) is 0 Å². The topological polar surface area (TPSA) is 70.2 Å². The van der Waals surface area contributed by atoms with Crippen molar-refractivity contribution in [3.05, 3.63) is 29.8 Å². The summed E-state index contributed by atoms with van der Waals surface area (Å²) in [5, 5.41) is 8.88. The summed E-state index contributed by atoms with van der Waals surface area (Å²) in [4.78, 5) is 23.8. The maximum atomic E-state index is 12.1. The molecule has 5 nitrogen and oxygen atoms in total. The molecule has 1 aliphatic heterocycles. The monoisotopic (exact) mass is 273 g/mol. The van der Waals surface area contributed by atoms with E-state index in [2.05, 4.69) is 16.0 Å². The van der Waals surface area contributed by atoms with Crippen LogP contribution < -0.4 is 16.0 Å². The van der Waals surface area contributed by atoms with Crippen molar-refractivity contribution in [3.63, 3.8) is 0 Å². The Bertz CT molecular complexity index is 526. The highest BCUT2D eigenvalue weighted by Gasteiger charge is 2.26. The summed E-state index contributed by atoms with van der Waals surface area (Å²) in [5.74, 6) is -0.0868. The Labute approximate surface area is 118 Å². The molecular weight excluding hydrogens is 254 g/mol. The van der Waals surface area contributed by atoms with E-state index in [0.717, 1.165) is 30.5 Å². The van der Waals surface area contributed by atoms with Gasteiger partial charge in [-0.2, -0.15) is 0 Å². The third-order valence-corrected chi connectivity index (χ3v) is 3.75. The van der Waals surface area contributed by atoms with E-state index in [4.69, 9.17) is 0 Å². The van der Waals surface area contributed by atoms with Crippen LogP contribution in [-0.4, -0.2) is 30.4 Å². The number of fused-ring (bicyclic) bond motifs is 1. The fraction of sp³-hybridized carbons (Fsp3) is 0.467. The summed E-state index contributed by atoms with van der Waals surface area (Å²) < 4.78 is 0. The number of nitrogens with one attached hydrogen (secondary N) is 3. The van der Waals surface area contributed by atoms with Gasteiger partial charge in [-0.05, 0) is 37.3 Å². The zero-order valence-corrected chi connectivity index (χ0v) is 11.3. The van der Waals surface area contributed by atoms with Gasteiger partial charge in [0.2, 0.25) is 11.8 Å². The van der Waals surface area contributed by atoms with Gasteiger partial charge in [-0.3, -0.25) is 14.9 Å². The predicted molar refractivity (Wildman–Crippen MR) is 76.3 cm³/mol. The molecule has 1 unspecified atom stereocenters. The maximum absolute atomic E-state index is 12.1. The van der Waals surface area contributed by atoms with Crippen LogP contribution >= 0.6 is 0 Å². The minimum Gasteiger partial charge on any atom is -0.352 e. The van der Waals surface area contributed by atoms with Crippen molar-refractivity contribution in [2.45, 2.75) is 37.8 Å². The third-order valence-electron chi connectivity index (χ3n) is 3.75. The molecule has 1 saturated carbocycles. The van der Waals surface area contributed by atoms with Crippen molar-refractivity contribution >= 4 is 17.5 Å². The number of hydrogen-bond acceptors (Lipinski definition) is 3. The maximum Gasteiger partial charge on any atom is 0.241 e. The highest BCUT2D eigenvalue weighted by Crippen LogP contribution is 2.21. The Hall–Kier alpha value is -1.88. The van der Waals surface area contributed by atoms with Crippen molar-refractivity contribution in [3.8, 4) is 0 Å². The number of benzene rings is 1. The van der Waals surface area contributed by atoms with E-state index in [9.17, 15) is 9.59 Å². The van der Waals surface area contributed by atoms with Crippen molar-refractivity contribution in [2.24, 2.45) is 0 Å². The largest absolute Gasteiger partial charge is 0.352 e. The molecule has 5 heteroatoms. The summed E-state index contributed by atoms with van der Waals surface area (Å²) in [6.45, 7) is 0.199. The van der Waals surface area contributed by atoms with Crippen molar-refractivity contribution in [1.82, 2.24) is 10.6 Å². The second-order valence-electron chi connectivity index (χ2n) is 5.46. The molecule has 0 aromatic heterocycles. The second-order valence-corrected chi connectivity index (χ2v) is 5.46. The molecule has 0 spiro atoms. The molecular formula is C15H19N3O2. The Kier molecular flexibility index (Phi) is 3.69. The van der Waals surface area contributed by atoms with Crippen LogP contribution in [0.25, 0.3) is 0 Å². The first-order chi connectivity index (χ1) is 9.72. The lowest BCUT2D eigenvalue weighted by atomic mass is 10.1. The molecule has 1 fully saturated rings. The van der Waals surface area contributed by atoms with Gasteiger partial charge in [0.1, 0.15) is 0 Å². The van der Waals surface area contributed by atoms with Gasteiger partial charge in [0, 0.05) is 11.7 Å². The molecule has 2 aliphatic rings. The van der Waals surface area contributed by atoms with Crippen molar-refractivity contribution in [2.75, 3.05) is 11.9 Å². The van der Waals surface area contributed by atoms with Gasteiger partial charge in [0.05, 0.1) is 12.6 Å². The lowest BCUT2D eigenvalue weighted by Crippen LogP contribution is -2.45. The van der Waals surface area contributed by atoms with E-state index in [0.29, 0.717) is 12.5 Å². The van der Waals surface area contributed by atoms with Crippen LogP contribution in [0.15, 0.2) is 24.3 Å². The van der Waals surface area contributed by atoms with Gasteiger partial charge in [-0.1, -0.05) is 18.2 Å². The average Bonchev–Trinajstić information content (AvgIpc) is 3.24. The second kappa shape index (κ2) is 5.63. The molecule has 3 N–H and O–H groups in total. The minimum absolute atomic E-state index is 0.0259. The van der Waals surface area contributed by atoms with E-state index in [-0.39, 0.29) is 24.4 Å². The number of para-hydroxylation sites is 1. The van der Waals surface area contributed by atoms with E-state index in [1.165, 1.54) is 0 Å². The summed E-state index contributed by atoms with van der Waals surface area (Å²) in [6.07, 6.45) is 3.69. The molecule has 1 aromatic carbocycles. The van der Waals surface area contributed by atoms with E-state index >= 15 is 0 Å². The minimum atomic E-state index is -0.313. The van der Waals surface area contributed by atoms with Gasteiger partial charge in [-0.25, -0.2) is 0 Å². The molecule has 1 heterocycles. The Balaban J connectivity index is 1.55. The lowest BCUT2D eigenvalue weighted by molar-refractivity contribution is -0.121. The molecule has 20 heavy (non-hydrogen) atoms. The van der Waals surface area contributed by atoms with Crippen molar-refractivity contribution in [1.29, 1.82) is 0 Å². The molecule has 2 amide bonds. The fourth-order valence-electron chi connectivity index (χ4n) is 2.43. The average molecular weight is 273 g/mol. The number of carbonyl (C=O) groups excluding carboxylic acids is 2. The lowest BCUT2D eigenvalue weighted by Gasteiger charge is -2.14. The number of anilines is 1. The normalized spacial score (nSPS) is 21.6. The van der Waals surface area contributed by atoms with Gasteiger partial charge in [0.25, 0.3) is 0 Å². The van der Waals surface area contributed by atoms with E-state index < -0.39 is 0 Å². The highest BCUT2D eigenvalue weighted by molar-refractivity contribution is 5.96. The summed E-state index contributed by atoms with van der Waals surface area (Å²) in [5.41, 5.74) is 2.02. The number of aryl methyl sites for hydroxylation is 1. The number of carbonyl (C=O) groups is 2. The number of rotatable bonds is 4. The van der Waals surface area contributed by atoms with Gasteiger partial charge in [0.15, 0.2) is 0 Å². The molecule has 0 radical (unpaired) electrons. The van der Waals surface area contributed by atoms with Crippen LogP contribution in [0.4, 0.5) is 5.69 Å². The number of amides is 2. The SMILES string of the molecule is O=C(CNC1CCc2ccccc2NC1=O)NC1CC1. The molecule has 0 saturated heterocycles. The summed E-state index contributed by atoms with van der Waals surface area (Å²) in [6, 6.07) is 7.87. The molecule has 106 valence electrons. The third kappa shape index (κ3) is 3.17. The Morgan fingerprint density at radius 2 is 2.05 bits per heavy atom. The van der Waals surface area contributed by atoms with E-state index in [1.807, 2.05) is 24.3 Å². The first-order valence-corrected chi connectivity index (χ1v) is 7.14. The van der Waals surface area contributed by atoms with Crippen LogP contribution in [-0.2, 0) is 16.0 Å². The first-order valence-electron chi connectivity index (χ1n) is 7.14. The highest BCUT2D eigenvalue weighted by atomic mass is 16.2. The molecule has 3 rings (SSSR count). The quantitative estimate of drug-likeness (QED) is 0.760. The van der Waals surface area contributed by atoms with E-state index in [1.54, 1.807) is 0 Å². The standard InChI is InChI=1S/C15H19N3O2/c19-14(17-11-6-7-11)9-16-13-8-5-10-3-1-2-4-12(10)18-15(13)20/h1-4,11,13,16H,5-9H2,(H,17,19)(H,18,20). The zero-order chi connectivity index (χ0) is 13.9. The number of hydrogen-bond donors (Lipinski definition) is 3. The predicted octanol–water partition coefficient (Wildman–Crippen LogP) is 0.808. The fourth-order valence-corrected chi connectivity index (χ4v) is 2.43. The summed E-state index contributed by atoms with van der Waals surface area (Å²) in [7, 11) is 0. The van der Waals surface area contributed by atoms with Gasteiger partial charge in [-0.15, -0.1) is 0 Å². The van der Waals surface area contributed by atoms with Gasteiger partial charge < -0.3 is 10.6 Å². The van der Waals surface area contributed by atoms with Gasteiger partial charge >= 0.3 is 0 Å². The van der Waals surface area contributed by atoms with Crippen molar-refractivity contribution < 1.29 is 9.59 Å². The van der Waals surface area contributed by atoms with Crippen LogP contribution in [0.3, 0.4) is 0 Å². The molecule has 1 aromatic rings. The summed E-state index contributed by atoms with van der Waals surface area (Å²) >= 11 is 0. The first kappa shape index (κ1) is 13.1. The molecule has 1 aliphatic carbocycles.